The average molecular weight is 469 g/mol. The number of carbonyl (C=O) groups excluding carboxylic acids is 2. The highest BCUT2D eigenvalue weighted by atomic mass is 16.6. The van der Waals surface area contributed by atoms with Gasteiger partial charge in [-0.25, -0.2) is 4.79 Å². The number of hydrogen-bond acceptors (Lipinski definition) is 6. The lowest BCUT2D eigenvalue weighted by Gasteiger charge is -2.37. The fourth-order valence-electron chi connectivity index (χ4n) is 4.95. The zero-order chi connectivity index (χ0) is 24.3. The van der Waals surface area contributed by atoms with Crippen molar-refractivity contribution in [3.05, 3.63) is 29.8 Å². The van der Waals surface area contributed by atoms with E-state index >= 15 is 0 Å². The Morgan fingerprint density at radius 3 is 2.32 bits per heavy atom. The normalized spacial score (nSPS) is 24.2. The number of likely N-dealkylation sites (tertiary alicyclic amines) is 1. The summed E-state index contributed by atoms with van der Waals surface area (Å²) >= 11 is 0. The Morgan fingerprint density at radius 2 is 1.71 bits per heavy atom. The summed E-state index contributed by atoms with van der Waals surface area (Å²) in [7, 11) is 0. The highest BCUT2D eigenvalue weighted by molar-refractivity contribution is 5.87. The van der Waals surface area contributed by atoms with Crippen LogP contribution in [0.2, 0.25) is 0 Å². The monoisotopic (exact) mass is 468 g/mol. The molecule has 1 aliphatic carbocycles. The third-order valence-corrected chi connectivity index (χ3v) is 6.93. The number of amides is 2. The fourth-order valence-corrected chi connectivity index (χ4v) is 4.95. The first-order valence-electron chi connectivity index (χ1n) is 12.4. The van der Waals surface area contributed by atoms with E-state index < -0.39 is 23.8 Å². The Kier molecular flexibility index (Phi) is 7.32. The smallest absolute Gasteiger partial charge is 0.411 e. The lowest BCUT2D eigenvalue weighted by molar-refractivity contribution is -0.138. The molecule has 3 aliphatic rings. The number of rotatable bonds is 4. The summed E-state index contributed by atoms with van der Waals surface area (Å²) in [5.74, 6) is 0.511. The molecule has 0 N–H and O–H groups in total. The first-order chi connectivity index (χ1) is 16.2. The average Bonchev–Trinajstić information content (AvgIpc) is 3.02. The van der Waals surface area contributed by atoms with E-state index in [2.05, 4.69) is 11.0 Å². The quantitative estimate of drug-likeness (QED) is 0.673. The summed E-state index contributed by atoms with van der Waals surface area (Å²) in [6, 6.07) is 8.87. The third-order valence-electron chi connectivity index (χ3n) is 6.93. The predicted octanol–water partition coefficient (Wildman–Crippen LogP) is 3.40. The van der Waals surface area contributed by atoms with Crippen LogP contribution in [0, 0.1) is 11.3 Å². The molecule has 2 atom stereocenters. The molecule has 184 valence electrons. The Morgan fingerprint density at radius 1 is 0.971 bits per heavy atom. The van der Waals surface area contributed by atoms with Crippen LogP contribution in [0.25, 0.3) is 0 Å². The van der Waals surface area contributed by atoms with Crippen LogP contribution in [0.15, 0.2) is 24.3 Å². The number of hydrogen-bond donors (Lipinski definition) is 0. The largest absolute Gasteiger partial charge is 0.488 e. The lowest BCUT2D eigenvalue weighted by Crippen LogP contribution is -2.54. The van der Waals surface area contributed by atoms with Crippen molar-refractivity contribution >= 4 is 12.0 Å². The van der Waals surface area contributed by atoms with Crippen LogP contribution in [0.5, 0.6) is 5.75 Å². The van der Waals surface area contributed by atoms with Gasteiger partial charge in [-0.3, -0.25) is 14.6 Å². The van der Waals surface area contributed by atoms with E-state index in [1.54, 1.807) is 24.3 Å². The van der Waals surface area contributed by atoms with Gasteiger partial charge in [0.05, 0.1) is 11.6 Å². The van der Waals surface area contributed by atoms with E-state index in [-0.39, 0.29) is 5.91 Å². The molecule has 2 heterocycles. The van der Waals surface area contributed by atoms with Crippen LogP contribution >= 0.6 is 0 Å². The maximum absolute atomic E-state index is 13.8. The van der Waals surface area contributed by atoms with Gasteiger partial charge in [0.15, 0.2) is 6.04 Å². The van der Waals surface area contributed by atoms with Crippen LogP contribution in [0.1, 0.15) is 58.4 Å². The maximum atomic E-state index is 13.8. The summed E-state index contributed by atoms with van der Waals surface area (Å²) in [6.45, 7) is 9.11. The minimum absolute atomic E-state index is 0.0718. The van der Waals surface area contributed by atoms with Crippen molar-refractivity contribution in [2.24, 2.45) is 0 Å². The first kappa shape index (κ1) is 24.3. The van der Waals surface area contributed by atoms with Crippen molar-refractivity contribution in [1.82, 2.24) is 14.7 Å². The van der Waals surface area contributed by atoms with Crippen molar-refractivity contribution in [3.8, 4) is 11.8 Å². The SMILES string of the molecule is CC(C)(C)OC(=O)N1CCC(Oc2ccc(C#N)cc2)C1C(=O)N1CCCN(C2CCC2)CC1. The number of carbonyl (C=O) groups is 2. The summed E-state index contributed by atoms with van der Waals surface area (Å²) < 4.78 is 11.8. The van der Waals surface area contributed by atoms with Crippen molar-refractivity contribution in [3.63, 3.8) is 0 Å². The van der Waals surface area contributed by atoms with Crippen molar-refractivity contribution < 1.29 is 19.1 Å². The van der Waals surface area contributed by atoms with Gasteiger partial charge in [0.1, 0.15) is 17.5 Å². The Bertz CT molecular complexity index is 916. The van der Waals surface area contributed by atoms with Crippen LogP contribution in [-0.4, -0.2) is 83.2 Å². The molecule has 8 heteroatoms. The Balaban J connectivity index is 1.51. The van der Waals surface area contributed by atoms with Gasteiger partial charge in [-0.2, -0.15) is 5.26 Å². The highest BCUT2D eigenvalue weighted by Gasteiger charge is 2.47. The number of benzene rings is 1. The molecule has 8 nitrogen and oxygen atoms in total. The van der Waals surface area contributed by atoms with E-state index in [1.165, 1.54) is 24.2 Å². The number of ether oxygens (including phenoxy) is 2. The predicted molar refractivity (Wildman–Crippen MR) is 127 cm³/mol. The molecule has 2 amide bonds. The van der Waals surface area contributed by atoms with Crippen LogP contribution in [0.4, 0.5) is 4.79 Å². The van der Waals surface area contributed by atoms with E-state index in [9.17, 15) is 9.59 Å². The molecule has 34 heavy (non-hydrogen) atoms. The topological polar surface area (TPSA) is 86.1 Å². The lowest BCUT2D eigenvalue weighted by atomic mass is 9.91. The third kappa shape index (κ3) is 5.64. The van der Waals surface area contributed by atoms with Gasteiger partial charge in [0.25, 0.3) is 0 Å². The molecule has 0 spiro atoms. The number of nitrogens with zero attached hydrogens (tertiary/aromatic N) is 4. The molecule has 1 saturated carbocycles. The number of nitriles is 1. The Hall–Kier alpha value is -2.79. The van der Waals surface area contributed by atoms with E-state index in [1.807, 2.05) is 25.7 Å². The standard InChI is InChI=1S/C26H36N4O4/c1-26(2,3)34-25(32)30-15-12-22(33-21-10-8-19(18-27)9-11-21)23(30)24(31)29-14-5-13-28(16-17-29)20-6-4-7-20/h8-11,20,22-23H,4-7,12-17H2,1-3H3. The Labute approximate surface area is 202 Å². The second-order valence-electron chi connectivity index (χ2n) is 10.5. The molecule has 1 aromatic carbocycles. The van der Waals surface area contributed by atoms with Crippen LogP contribution in [-0.2, 0) is 9.53 Å². The van der Waals surface area contributed by atoms with Crippen molar-refractivity contribution in [2.75, 3.05) is 32.7 Å². The van der Waals surface area contributed by atoms with E-state index in [0.717, 1.165) is 19.5 Å². The van der Waals surface area contributed by atoms with Crippen molar-refractivity contribution in [2.45, 2.75) is 76.7 Å². The molecule has 2 unspecified atom stereocenters. The van der Waals surface area contributed by atoms with Gasteiger partial charge in [-0.15, -0.1) is 0 Å². The molecule has 0 bridgehead atoms. The molecule has 1 aromatic rings. The molecular weight excluding hydrogens is 432 g/mol. The minimum Gasteiger partial charge on any atom is -0.488 e. The zero-order valence-corrected chi connectivity index (χ0v) is 20.5. The van der Waals surface area contributed by atoms with E-state index in [4.69, 9.17) is 14.7 Å². The zero-order valence-electron chi connectivity index (χ0n) is 20.5. The minimum atomic E-state index is -0.735. The fraction of sp³-hybridized carbons (Fsp3) is 0.654. The maximum Gasteiger partial charge on any atom is 0.411 e. The van der Waals surface area contributed by atoms with Gasteiger partial charge in [0.2, 0.25) is 5.91 Å². The van der Waals surface area contributed by atoms with Gasteiger partial charge < -0.3 is 14.4 Å². The van der Waals surface area contributed by atoms with Gasteiger partial charge in [0, 0.05) is 45.2 Å². The van der Waals surface area contributed by atoms with E-state index in [0.29, 0.717) is 43.4 Å². The first-order valence-corrected chi connectivity index (χ1v) is 12.4. The summed E-state index contributed by atoms with van der Waals surface area (Å²) in [5.41, 5.74) is -0.106. The van der Waals surface area contributed by atoms with Gasteiger partial charge in [-0.1, -0.05) is 6.42 Å². The van der Waals surface area contributed by atoms with Crippen LogP contribution in [0.3, 0.4) is 0 Å². The summed E-state index contributed by atoms with van der Waals surface area (Å²) in [6.07, 6.45) is 4.32. The summed E-state index contributed by atoms with van der Waals surface area (Å²) in [5, 5.41) is 9.05. The second-order valence-corrected chi connectivity index (χ2v) is 10.5. The highest BCUT2D eigenvalue weighted by Crippen LogP contribution is 2.29. The molecule has 0 radical (unpaired) electrons. The molecule has 4 rings (SSSR count). The second kappa shape index (κ2) is 10.2. The molecular formula is C26H36N4O4. The molecule has 3 fully saturated rings. The van der Waals surface area contributed by atoms with Crippen LogP contribution < -0.4 is 4.74 Å². The van der Waals surface area contributed by atoms with Gasteiger partial charge in [-0.05, 0) is 64.3 Å². The molecule has 2 saturated heterocycles. The summed E-state index contributed by atoms with van der Waals surface area (Å²) in [4.78, 5) is 32.8. The molecule has 2 aliphatic heterocycles. The van der Waals surface area contributed by atoms with Crippen molar-refractivity contribution in [1.29, 1.82) is 5.26 Å². The van der Waals surface area contributed by atoms with Gasteiger partial charge >= 0.3 is 6.09 Å². The molecule has 0 aromatic heterocycles.